The highest BCUT2D eigenvalue weighted by molar-refractivity contribution is 5.20. The lowest BCUT2D eigenvalue weighted by atomic mass is 9.35. The van der Waals surface area contributed by atoms with Gasteiger partial charge in [-0.15, -0.1) is 0 Å². The molecule has 4 unspecified atom stereocenters. The fraction of sp³-hybridized carbons (Fsp3) is 0.962. The molecule has 0 aromatic heterocycles. The van der Waals surface area contributed by atoms with Gasteiger partial charge in [-0.1, -0.05) is 46.3 Å². The van der Waals surface area contributed by atoms with E-state index in [4.69, 9.17) is 37.9 Å². The maximum atomic E-state index is 12.8. The van der Waals surface area contributed by atoms with Crippen LogP contribution in [0.2, 0.25) is 0 Å². The van der Waals surface area contributed by atoms with Crippen LogP contribution in [0.25, 0.3) is 0 Å². The normalized spacial score (nSPS) is 52.6. The van der Waals surface area contributed by atoms with Crippen LogP contribution in [-0.2, 0) is 37.9 Å². The first-order valence-electron chi connectivity index (χ1n) is 27.3. The maximum absolute atomic E-state index is 12.8. The Hall–Kier alpha value is -1.14. The summed E-state index contributed by atoms with van der Waals surface area (Å²) in [5, 5.41) is 151. The number of ether oxygens (including phenoxy) is 8. The standard InChI is InChI=1S/C53H90O22/c1-23(2)10-9-14-53(8,75-47-43(67)39(63)37(61)29(72-47)22-68-45-41(65)36(60)28(21-56)69-45)24-11-16-52(7)33(24)25(57)18-31-50(5)15-13-32(49(3,4)30(50)12-17-51(31,52)6)73-48-44(40(64)35(59)27(20-55)71-48)74-46-42(66)38(62)34(58)26(19-54)70-46/h10,24-48,54-67H,9,11-22H2,1-8H3/t24?,25-,26-,27-,28+,29-,30?,31?,32+,33?,34-,35-,36-,37-,38+,39+,40+,41+,42-,43-,44-,45+,46+,47+,48+,50+,51-,52-,53+/m1/s1. The molecule has 22 nitrogen and oxygen atoms in total. The smallest absolute Gasteiger partial charge is 0.187 e. The minimum atomic E-state index is -1.81. The first-order valence-corrected chi connectivity index (χ1v) is 27.3. The highest BCUT2D eigenvalue weighted by atomic mass is 16.8. The molecular weight excluding hydrogens is 989 g/mol. The van der Waals surface area contributed by atoms with Crippen LogP contribution < -0.4 is 0 Å². The molecule has 0 aromatic rings. The minimum Gasteiger partial charge on any atom is -0.394 e. The van der Waals surface area contributed by atoms with E-state index in [2.05, 4.69) is 40.7 Å². The first-order chi connectivity index (χ1) is 35.1. The minimum absolute atomic E-state index is 0.0508. The molecule has 0 spiro atoms. The Bertz CT molecular complexity index is 1940. The molecule has 4 aliphatic heterocycles. The van der Waals surface area contributed by atoms with Crippen molar-refractivity contribution < 1.29 is 109 Å². The predicted molar refractivity (Wildman–Crippen MR) is 260 cm³/mol. The van der Waals surface area contributed by atoms with E-state index in [0.717, 1.165) is 24.8 Å². The van der Waals surface area contributed by atoms with E-state index in [1.54, 1.807) is 0 Å². The van der Waals surface area contributed by atoms with Crippen LogP contribution in [0, 0.1) is 45.3 Å². The van der Waals surface area contributed by atoms with E-state index in [9.17, 15) is 71.5 Å². The Balaban J connectivity index is 1.01. The van der Waals surface area contributed by atoms with Crippen molar-refractivity contribution in [2.45, 2.75) is 248 Å². The van der Waals surface area contributed by atoms with Gasteiger partial charge in [-0.2, -0.15) is 0 Å². The number of aliphatic hydroxyl groups excluding tert-OH is 14. The lowest BCUT2D eigenvalue weighted by molar-refractivity contribution is -0.378. The van der Waals surface area contributed by atoms with Crippen molar-refractivity contribution in [2.24, 2.45) is 45.3 Å². The van der Waals surface area contributed by atoms with E-state index in [0.29, 0.717) is 38.5 Å². The third-order valence-corrected chi connectivity index (χ3v) is 20.5. The summed E-state index contributed by atoms with van der Waals surface area (Å²) in [6.45, 7) is 14.9. The molecule has 75 heavy (non-hydrogen) atoms. The van der Waals surface area contributed by atoms with Gasteiger partial charge in [0, 0.05) is 0 Å². The summed E-state index contributed by atoms with van der Waals surface area (Å²) in [6, 6.07) is 0. The highest BCUT2D eigenvalue weighted by Gasteiger charge is 2.72. The zero-order valence-electron chi connectivity index (χ0n) is 44.7. The highest BCUT2D eigenvalue weighted by Crippen LogP contribution is 2.76. The molecule has 4 aliphatic carbocycles. The van der Waals surface area contributed by atoms with E-state index < -0.39 is 172 Å². The molecule has 0 bridgehead atoms. The van der Waals surface area contributed by atoms with Gasteiger partial charge >= 0.3 is 0 Å². The van der Waals surface area contributed by atoms with Gasteiger partial charge < -0.3 is 109 Å². The van der Waals surface area contributed by atoms with Crippen molar-refractivity contribution in [1.29, 1.82) is 0 Å². The number of aliphatic hydroxyl groups is 14. The number of fused-ring (bicyclic) bond motifs is 5. The molecule has 0 amide bonds. The third-order valence-electron chi connectivity index (χ3n) is 20.5. The van der Waals surface area contributed by atoms with Crippen LogP contribution in [0.5, 0.6) is 0 Å². The Kier molecular flexibility index (Phi) is 18.1. The first kappa shape index (κ1) is 60.0. The number of rotatable bonds is 16. The summed E-state index contributed by atoms with van der Waals surface area (Å²) >= 11 is 0. The second-order valence-corrected chi connectivity index (χ2v) is 25.3. The molecule has 8 aliphatic rings. The molecular formula is C53H90O22. The van der Waals surface area contributed by atoms with Gasteiger partial charge in [0.2, 0.25) is 0 Å². The predicted octanol–water partition coefficient (Wildman–Crippen LogP) is -1.56. The third kappa shape index (κ3) is 10.5. The number of allylic oxidation sites excluding steroid dienone is 2. The van der Waals surface area contributed by atoms with E-state index >= 15 is 0 Å². The summed E-state index contributed by atoms with van der Waals surface area (Å²) in [7, 11) is 0. The average molecular weight is 1080 g/mol. The molecule has 4 saturated carbocycles. The van der Waals surface area contributed by atoms with Crippen molar-refractivity contribution >= 4 is 0 Å². The Morgan fingerprint density at radius 1 is 0.560 bits per heavy atom. The summed E-state index contributed by atoms with van der Waals surface area (Å²) < 4.78 is 48.9. The molecule has 8 fully saturated rings. The molecule has 14 N–H and O–H groups in total. The molecule has 4 saturated heterocycles. The summed E-state index contributed by atoms with van der Waals surface area (Å²) in [6.07, 6.45) is -22.1. The SMILES string of the molecule is CC(C)=CCC[C@](C)(O[C@@H]1O[C@H](CO[C@H]2O[C@@H](CO)[C@@H](O)[C@@H]2O)[C@@H](O)[C@H](O)[C@H]1O)C1CC[C@]2(C)C1[C@H](O)CC1[C@@]3(C)CC[C@H](O[C@@H]4O[C@H](CO)[C@@H](O)[C@H](O)[C@H]4O[C@@H]4O[C@H](CO)[C@@H](O)[C@H](O)[C@H]4O)C(C)(C)C3CC[C@]12C. The molecule has 22 heteroatoms. The van der Waals surface area contributed by atoms with E-state index in [1.165, 1.54) is 0 Å². The van der Waals surface area contributed by atoms with Gasteiger partial charge in [0.05, 0.1) is 44.2 Å². The maximum Gasteiger partial charge on any atom is 0.187 e. The topological polar surface area (TPSA) is 357 Å². The van der Waals surface area contributed by atoms with Crippen LogP contribution in [0.15, 0.2) is 11.6 Å². The molecule has 434 valence electrons. The summed E-state index contributed by atoms with van der Waals surface area (Å²) in [4.78, 5) is 0. The Labute approximate surface area is 439 Å². The lowest BCUT2D eigenvalue weighted by Crippen LogP contribution is -2.68. The second kappa shape index (κ2) is 22.7. The van der Waals surface area contributed by atoms with Crippen molar-refractivity contribution in [3.05, 3.63) is 11.6 Å². The largest absolute Gasteiger partial charge is 0.394 e. The molecule has 4 heterocycles. The van der Waals surface area contributed by atoms with Crippen molar-refractivity contribution in [1.82, 2.24) is 0 Å². The number of hydrogen-bond donors (Lipinski definition) is 14. The summed E-state index contributed by atoms with van der Waals surface area (Å²) in [5.74, 6) is -0.394. The van der Waals surface area contributed by atoms with Gasteiger partial charge in [-0.05, 0) is 124 Å². The van der Waals surface area contributed by atoms with Gasteiger partial charge in [0.25, 0.3) is 0 Å². The van der Waals surface area contributed by atoms with Gasteiger partial charge in [-0.25, -0.2) is 0 Å². The zero-order chi connectivity index (χ0) is 55.1. The van der Waals surface area contributed by atoms with Gasteiger partial charge in [0.15, 0.2) is 25.2 Å². The van der Waals surface area contributed by atoms with Gasteiger partial charge in [0.1, 0.15) is 91.6 Å². The van der Waals surface area contributed by atoms with Crippen molar-refractivity contribution in [3.63, 3.8) is 0 Å². The summed E-state index contributed by atoms with van der Waals surface area (Å²) in [5.41, 5.74) is -1.47. The second-order valence-electron chi connectivity index (χ2n) is 25.3. The van der Waals surface area contributed by atoms with Crippen LogP contribution in [0.1, 0.15) is 113 Å². The van der Waals surface area contributed by atoms with Crippen molar-refractivity contribution in [2.75, 3.05) is 26.4 Å². The molecule has 8 rings (SSSR count). The monoisotopic (exact) mass is 1080 g/mol. The molecule has 0 radical (unpaired) electrons. The van der Waals surface area contributed by atoms with Crippen LogP contribution in [0.3, 0.4) is 0 Å². The molecule has 29 atom stereocenters. The van der Waals surface area contributed by atoms with Crippen LogP contribution in [0.4, 0.5) is 0 Å². The van der Waals surface area contributed by atoms with E-state index in [-0.39, 0.29) is 34.5 Å². The lowest BCUT2D eigenvalue weighted by Gasteiger charge is -2.71. The fourth-order valence-electron chi connectivity index (χ4n) is 16.1. The van der Waals surface area contributed by atoms with Crippen LogP contribution in [-0.4, -0.2) is 232 Å². The fourth-order valence-corrected chi connectivity index (χ4v) is 16.1. The molecule has 0 aromatic carbocycles. The quantitative estimate of drug-likeness (QED) is 0.0614. The Morgan fingerprint density at radius 3 is 1.69 bits per heavy atom. The average Bonchev–Trinajstić information content (AvgIpc) is 3.89. The van der Waals surface area contributed by atoms with Crippen molar-refractivity contribution in [3.8, 4) is 0 Å². The van der Waals surface area contributed by atoms with Gasteiger partial charge in [-0.3, -0.25) is 0 Å². The van der Waals surface area contributed by atoms with E-state index in [1.807, 2.05) is 20.8 Å². The Morgan fingerprint density at radius 2 is 1.08 bits per heavy atom. The zero-order valence-corrected chi connectivity index (χ0v) is 44.7. The number of hydrogen-bond acceptors (Lipinski definition) is 22. The van der Waals surface area contributed by atoms with Crippen LogP contribution >= 0.6 is 0 Å².